The molecule has 7 nitrogen and oxygen atoms in total. The second kappa shape index (κ2) is 13.5. The molecule has 0 aromatic heterocycles. The van der Waals surface area contributed by atoms with Crippen molar-refractivity contribution >= 4 is 29.3 Å². The maximum absolute atomic E-state index is 13.1. The van der Waals surface area contributed by atoms with Gasteiger partial charge in [-0.3, -0.25) is 9.59 Å². The average molecular weight is 615 g/mol. The molecule has 2 amide bonds. The number of nitrogens with one attached hydrogen (secondary N) is 1. The second-order valence-corrected chi connectivity index (χ2v) is 11.8. The highest BCUT2D eigenvalue weighted by atomic mass is 32.2. The van der Waals surface area contributed by atoms with Gasteiger partial charge in [0, 0.05) is 34.4 Å². The number of benzene rings is 3. The van der Waals surface area contributed by atoms with Crippen molar-refractivity contribution in [1.29, 1.82) is 0 Å². The molecule has 11 heteroatoms. The summed E-state index contributed by atoms with van der Waals surface area (Å²) in [5.41, 5.74) is 2.72. The minimum absolute atomic E-state index is 0.0187. The van der Waals surface area contributed by atoms with Crippen LogP contribution in [-0.2, 0) is 25.7 Å². The normalized spacial score (nSPS) is 24.1. The molecule has 0 unspecified atom stereocenters. The number of ether oxygens (including phenoxy) is 2. The lowest BCUT2D eigenvalue weighted by Crippen LogP contribution is -2.48. The van der Waals surface area contributed by atoms with Crippen molar-refractivity contribution < 1.29 is 37.3 Å². The predicted octanol–water partition coefficient (Wildman–Crippen LogP) is 6.25. The molecule has 2 aliphatic rings. The van der Waals surface area contributed by atoms with Crippen LogP contribution in [0.15, 0.2) is 83.8 Å². The van der Waals surface area contributed by atoms with Crippen LogP contribution in [0, 0.1) is 5.92 Å². The van der Waals surface area contributed by atoms with Crippen LogP contribution in [0.5, 0.6) is 0 Å². The quantitative estimate of drug-likeness (QED) is 0.292. The van der Waals surface area contributed by atoms with Crippen molar-refractivity contribution in [2.45, 2.75) is 62.0 Å². The third-order valence-corrected chi connectivity index (χ3v) is 8.87. The number of anilines is 1. The predicted molar refractivity (Wildman–Crippen MR) is 156 cm³/mol. The zero-order valence-electron chi connectivity index (χ0n) is 23.5. The number of rotatable bonds is 8. The lowest BCUT2D eigenvalue weighted by Gasteiger charge is -2.41. The van der Waals surface area contributed by atoms with Crippen LogP contribution in [0.1, 0.15) is 48.8 Å². The Hall–Kier alpha value is -3.38. The number of hydrogen-bond donors (Lipinski definition) is 2. The van der Waals surface area contributed by atoms with Gasteiger partial charge in [0.1, 0.15) is 6.04 Å². The van der Waals surface area contributed by atoms with Crippen molar-refractivity contribution in [3.63, 3.8) is 0 Å². The van der Waals surface area contributed by atoms with E-state index in [2.05, 4.69) is 12.2 Å². The van der Waals surface area contributed by atoms with E-state index in [4.69, 9.17) is 9.47 Å². The Kier molecular flexibility index (Phi) is 9.75. The van der Waals surface area contributed by atoms with Crippen LogP contribution >= 0.6 is 11.8 Å². The molecule has 3 aromatic rings. The molecule has 2 N–H and O–H groups in total. The number of likely N-dealkylation sites (tertiary alicyclic amines) is 1. The minimum Gasteiger partial charge on any atom is -0.392 e. The number of carbonyl (C=O) groups excluding carboxylic acids is 2. The molecule has 0 radical (unpaired) electrons. The third-order valence-electron chi connectivity index (χ3n) is 7.77. The van der Waals surface area contributed by atoms with Gasteiger partial charge in [0.25, 0.3) is 0 Å². The lowest BCUT2D eigenvalue weighted by molar-refractivity contribution is -0.268. The van der Waals surface area contributed by atoms with Gasteiger partial charge in [0.15, 0.2) is 6.29 Å². The highest BCUT2D eigenvalue weighted by Crippen LogP contribution is 2.43. The molecule has 2 fully saturated rings. The van der Waals surface area contributed by atoms with Gasteiger partial charge in [-0.2, -0.15) is 13.2 Å². The van der Waals surface area contributed by atoms with E-state index in [1.807, 2.05) is 54.6 Å². The molecule has 2 aliphatic heterocycles. The number of halogens is 3. The number of thioether (sulfide) groups is 1. The van der Waals surface area contributed by atoms with Gasteiger partial charge in [-0.05, 0) is 48.2 Å². The van der Waals surface area contributed by atoms with Crippen LogP contribution < -0.4 is 5.32 Å². The summed E-state index contributed by atoms with van der Waals surface area (Å²) in [6.45, 7) is 1.88. The molecule has 228 valence electrons. The lowest BCUT2D eigenvalue weighted by atomic mass is 9.91. The zero-order valence-corrected chi connectivity index (χ0v) is 24.3. The van der Waals surface area contributed by atoms with E-state index in [0.29, 0.717) is 28.3 Å². The van der Waals surface area contributed by atoms with E-state index in [0.717, 1.165) is 16.0 Å². The summed E-state index contributed by atoms with van der Waals surface area (Å²) >= 11 is 1.68. The fourth-order valence-electron chi connectivity index (χ4n) is 5.44. The molecule has 0 aliphatic carbocycles. The Balaban J connectivity index is 1.35. The second-order valence-electron chi connectivity index (χ2n) is 10.7. The molecule has 2 saturated heterocycles. The van der Waals surface area contributed by atoms with Crippen LogP contribution in [0.3, 0.4) is 0 Å². The number of alkyl halides is 3. The molecular weight excluding hydrogens is 581 g/mol. The smallest absolute Gasteiger partial charge is 0.392 e. The van der Waals surface area contributed by atoms with E-state index in [1.54, 1.807) is 36.0 Å². The fraction of sp³-hybridized carbons (Fsp3) is 0.375. The molecule has 2 heterocycles. The summed E-state index contributed by atoms with van der Waals surface area (Å²) in [5, 5.41) is 12.2. The van der Waals surface area contributed by atoms with Gasteiger partial charge in [0.05, 0.1) is 18.8 Å². The molecule has 43 heavy (non-hydrogen) atoms. The first-order chi connectivity index (χ1) is 20.6. The Bertz CT molecular complexity index is 1410. The molecule has 5 rings (SSSR count). The summed E-state index contributed by atoms with van der Waals surface area (Å²) in [7, 11) is 0. The SMILES string of the molecule is C[C@H]1[C@@H](CSc2ccccc2)O[C@@H](c2cccc(NC(=O)[C@@H]3CCCN3C(=O)C(F)(F)F)c2)O[C@H]1c1ccc(CO)cc1. The summed E-state index contributed by atoms with van der Waals surface area (Å²) in [4.78, 5) is 26.5. The highest BCUT2D eigenvalue weighted by molar-refractivity contribution is 7.99. The van der Waals surface area contributed by atoms with E-state index in [-0.39, 0.29) is 37.7 Å². The number of amides is 2. The van der Waals surface area contributed by atoms with Crippen LogP contribution in [0.4, 0.5) is 18.9 Å². The van der Waals surface area contributed by atoms with Crippen molar-refractivity contribution in [3.05, 3.63) is 95.6 Å². The van der Waals surface area contributed by atoms with Crippen LogP contribution in [-0.4, -0.2) is 52.4 Å². The van der Waals surface area contributed by atoms with Gasteiger partial charge < -0.3 is 24.8 Å². The summed E-state index contributed by atoms with van der Waals surface area (Å²) in [5.74, 6) is -2.04. The average Bonchev–Trinajstić information content (AvgIpc) is 3.50. The molecule has 0 bridgehead atoms. The molecule has 5 atom stereocenters. The first kappa shape index (κ1) is 31.1. The number of aliphatic hydroxyl groups is 1. The summed E-state index contributed by atoms with van der Waals surface area (Å²) in [6, 6.07) is 23.2. The number of hydrogen-bond acceptors (Lipinski definition) is 6. The van der Waals surface area contributed by atoms with E-state index < -0.39 is 30.3 Å². The summed E-state index contributed by atoms with van der Waals surface area (Å²) < 4.78 is 52.2. The summed E-state index contributed by atoms with van der Waals surface area (Å²) in [6.07, 6.45) is -5.90. The Morgan fingerprint density at radius 1 is 1.00 bits per heavy atom. The van der Waals surface area contributed by atoms with Gasteiger partial charge in [-0.25, -0.2) is 0 Å². The van der Waals surface area contributed by atoms with Gasteiger partial charge in [0.2, 0.25) is 5.91 Å². The highest BCUT2D eigenvalue weighted by Gasteiger charge is 2.47. The Labute approximate surface area is 252 Å². The van der Waals surface area contributed by atoms with Crippen molar-refractivity contribution in [3.8, 4) is 0 Å². The van der Waals surface area contributed by atoms with Gasteiger partial charge >= 0.3 is 12.1 Å². The molecule has 0 saturated carbocycles. The first-order valence-electron chi connectivity index (χ1n) is 14.1. The number of aliphatic hydroxyl groups excluding tert-OH is 1. The maximum atomic E-state index is 13.1. The standard InChI is InChI=1S/C32H33F3N2O5S/c1-20-27(19-43-25-9-3-2-4-10-25)41-30(42-28(20)22-14-12-21(18-38)13-15-22)23-7-5-8-24(17-23)36-29(39)26-11-6-16-37(26)31(40)32(33,34)35/h2-5,7-10,12-15,17,20,26-28,30,38H,6,11,16,18-19H2,1H3,(H,36,39)/t20-,26-,27+,28+,30+/m0/s1. The van der Waals surface area contributed by atoms with E-state index >= 15 is 0 Å². The third kappa shape index (κ3) is 7.41. The van der Waals surface area contributed by atoms with Crippen molar-refractivity contribution in [2.24, 2.45) is 5.92 Å². The number of nitrogens with zero attached hydrogens (tertiary/aromatic N) is 1. The van der Waals surface area contributed by atoms with Crippen LogP contribution in [0.2, 0.25) is 0 Å². The van der Waals surface area contributed by atoms with Gasteiger partial charge in [-0.1, -0.05) is 61.5 Å². The molecular formula is C32H33F3N2O5S. The molecule has 3 aromatic carbocycles. The maximum Gasteiger partial charge on any atom is 0.471 e. The minimum atomic E-state index is -5.04. The zero-order chi connectivity index (χ0) is 30.6. The number of carbonyl (C=O) groups is 2. The fourth-order valence-corrected chi connectivity index (χ4v) is 6.53. The van der Waals surface area contributed by atoms with Crippen molar-refractivity contribution in [1.82, 2.24) is 4.90 Å². The largest absolute Gasteiger partial charge is 0.471 e. The van der Waals surface area contributed by atoms with Crippen LogP contribution in [0.25, 0.3) is 0 Å². The van der Waals surface area contributed by atoms with Crippen molar-refractivity contribution in [2.75, 3.05) is 17.6 Å². The first-order valence-corrected chi connectivity index (χ1v) is 15.1. The van der Waals surface area contributed by atoms with Gasteiger partial charge in [-0.15, -0.1) is 11.8 Å². The monoisotopic (exact) mass is 614 g/mol. The topological polar surface area (TPSA) is 88.1 Å². The Morgan fingerprint density at radius 2 is 1.74 bits per heavy atom. The van der Waals surface area contributed by atoms with E-state index in [1.165, 1.54) is 0 Å². The van der Waals surface area contributed by atoms with E-state index in [9.17, 15) is 27.9 Å². The Morgan fingerprint density at radius 3 is 2.44 bits per heavy atom. The molecule has 0 spiro atoms.